The van der Waals surface area contributed by atoms with E-state index in [1.807, 2.05) is 19.9 Å². The molecule has 0 bridgehead atoms. The summed E-state index contributed by atoms with van der Waals surface area (Å²) in [6.45, 7) is 8.21. The average molecular weight is 495 g/mol. The van der Waals surface area contributed by atoms with E-state index in [1.54, 1.807) is 17.0 Å². The minimum Gasteiger partial charge on any atom is -0.406 e. The number of benzene rings is 2. The average Bonchev–Trinajstić information content (AvgIpc) is 3.21. The third-order valence-electron chi connectivity index (χ3n) is 6.19. The number of fused-ring (bicyclic) bond motifs is 1. The Labute approximate surface area is 208 Å². The summed E-state index contributed by atoms with van der Waals surface area (Å²) in [6.07, 6.45) is 0.839. The van der Waals surface area contributed by atoms with Crippen LogP contribution in [0.15, 0.2) is 60.9 Å². The van der Waals surface area contributed by atoms with Crippen molar-refractivity contribution in [2.24, 2.45) is 5.92 Å². The number of aromatic nitrogens is 2. The van der Waals surface area contributed by atoms with Crippen molar-refractivity contribution in [2.45, 2.75) is 53.3 Å². The number of halogens is 3. The second kappa shape index (κ2) is 10.2. The van der Waals surface area contributed by atoms with Crippen molar-refractivity contribution in [3.8, 4) is 22.7 Å². The monoisotopic (exact) mass is 494 g/mol. The molecular weight excluding hydrogens is 465 g/mol. The Balaban J connectivity index is 1.88. The molecule has 4 rings (SSSR count). The standard InChI is InChI=1S/C29H29F3N2O2/c1-5-19-8-7-9-20(6-2)28(19)25-15-23-24(27(35)14-18(3)4)17-34(26(23)16-33-25)21-10-12-22(13-11-21)36-29(30,31)32/h7-13,15-18H,5-6,14H2,1-4H3. The second-order valence-corrected chi connectivity index (χ2v) is 9.22. The molecule has 0 amide bonds. The first-order chi connectivity index (χ1) is 17.1. The zero-order valence-electron chi connectivity index (χ0n) is 20.8. The molecule has 0 fully saturated rings. The Bertz CT molecular complexity index is 1360. The van der Waals surface area contributed by atoms with Gasteiger partial charge in [-0.05, 0) is 60.2 Å². The van der Waals surface area contributed by atoms with Gasteiger partial charge in [-0.1, -0.05) is 45.9 Å². The minimum absolute atomic E-state index is 0.0161. The first-order valence-corrected chi connectivity index (χ1v) is 12.1. The molecule has 2 aromatic heterocycles. The van der Waals surface area contributed by atoms with Gasteiger partial charge >= 0.3 is 6.36 Å². The van der Waals surface area contributed by atoms with Crippen molar-refractivity contribution in [1.82, 2.24) is 9.55 Å². The van der Waals surface area contributed by atoms with Gasteiger partial charge in [-0.3, -0.25) is 9.78 Å². The summed E-state index contributed by atoms with van der Waals surface area (Å²) in [4.78, 5) is 18.0. The molecule has 0 spiro atoms. The van der Waals surface area contributed by atoms with Gasteiger partial charge in [0.05, 0.1) is 17.4 Å². The molecule has 0 aliphatic carbocycles. The molecule has 4 nitrogen and oxygen atoms in total. The van der Waals surface area contributed by atoms with Crippen molar-refractivity contribution in [3.63, 3.8) is 0 Å². The van der Waals surface area contributed by atoms with E-state index in [0.717, 1.165) is 29.5 Å². The zero-order valence-corrected chi connectivity index (χ0v) is 20.8. The van der Waals surface area contributed by atoms with E-state index < -0.39 is 6.36 Å². The van der Waals surface area contributed by atoms with Crippen molar-refractivity contribution in [3.05, 3.63) is 77.6 Å². The number of hydrogen-bond donors (Lipinski definition) is 0. The number of hydrogen-bond acceptors (Lipinski definition) is 3. The SMILES string of the molecule is CCc1cccc(CC)c1-c1cc2c(C(=O)CC(C)C)cn(-c3ccc(OC(F)(F)F)cc3)c2cn1. The summed E-state index contributed by atoms with van der Waals surface area (Å²) in [5.74, 6) is -0.103. The van der Waals surface area contributed by atoms with Gasteiger partial charge in [0.25, 0.3) is 0 Å². The highest BCUT2D eigenvalue weighted by Crippen LogP contribution is 2.34. The third-order valence-corrected chi connectivity index (χ3v) is 6.19. The summed E-state index contributed by atoms with van der Waals surface area (Å²) in [6, 6.07) is 13.8. The van der Waals surface area contributed by atoms with E-state index in [1.165, 1.54) is 35.4 Å². The Morgan fingerprint density at radius 3 is 2.22 bits per heavy atom. The van der Waals surface area contributed by atoms with Crippen LogP contribution >= 0.6 is 0 Å². The van der Waals surface area contributed by atoms with Crippen molar-refractivity contribution >= 4 is 16.7 Å². The van der Waals surface area contributed by atoms with Gasteiger partial charge in [0, 0.05) is 34.8 Å². The Morgan fingerprint density at radius 2 is 1.67 bits per heavy atom. The minimum atomic E-state index is -4.76. The van der Waals surface area contributed by atoms with Gasteiger partial charge in [-0.25, -0.2) is 0 Å². The van der Waals surface area contributed by atoms with E-state index >= 15 is 0 Å². The lowest BCUT2D eigenvalue weighted by Crippen LogP contribution is -2.17. The van der Waals surface area contributed by atoms with E-state index in [4.69, 9.17) is 4.98 Å². The van der Waals surface area contributed by atoms with Crippen LogP contribution in [0.25, 0.3) is 27.8 Å². The summed E-state index contributed by atoms with van der Waals surface area (Å²) in [5.41, 5.74) is 6.17. The van der Waals surface area contributed by atoms with E-state index in [2.05, 4.69) is 36.8 Å². The largest absolute Gasteiger partial charge is 0.573 e. The third kappa shape index (κ3) is 5.30. The molecule has 36 heavy (non-hydrogen) atoms. The van der Waals surface area contributed by atoms with Gasteiger partial charge in [0.15, 0.2) is 5.78 Å². The van der Waals surface area contributed by atoms with E-state index in [-0.39, 0.29) is 17.5 Å². The van der Waals surface area contributed by atoms with E-state index in [0.29, 0.717) is 23.2 Å². The molecule has 0 saturated carbocycles. The fourth-order valence-corrected chi connectivity index (χ4v) is 4.56. The van der Waals surface area contributed by atoms with Crippen LogP contribution in [-0.2, 0) is 12.8 Å². The van der Waals surface area contributed by atoms with Crippen LogP contribution in [0.2, 0.25) is 0 Å². The number of carbonyl (C=O) groups excluding carboxylic acids is 1. The molecule has 4 aromatic rings. The molecule has 7 heteroatoms. The number of alkyl halides is 3. The summed E-state index contributed by atoms with van der Waals surface area (Å²) >= 11 is 0. The number of ether oxygens (including phenoxy) is 1. The molecular formula is C29H29F3N2O2. The predicted octanol–water partition coefficient (Wildman–Crippen LogP) is 7.94. The van der Waals surface area contributed by atoms with Crippen LogP contribution in [0, 0.1) is 5.92 Å². The second-order valence-electron chi connectivity index (χ2n) is 9.22. The maximum Gasteiger partial charge on any atom is 0.573 e. The maximum absolute atomic E-state index is 13.2. The normalized spacial score (nSPS) is 11.9. The molecule has 0 unspecified atom stereocenters. The van der Waals surface area contributed by atoms with Crippen molar-refractivity contribution < 1.29 is 22.7 Å². The molecule has 188 valence electrons. The molecule has 0 saturated heterocycles. The lowest BCUT2D eigenvalue weighted by molar-refractivity contribution is -0.274. The first-order valence-electron chi connectivity index (χ1n) is 12.1. The lowest BCUT2D eigenvalue weighted by Gasteiger charge is -2.13. The number of carbonyl (C=O) groups is 1. The fraction of sp³-hybridized carbons (Fsp3) is 0.310. The molecule has 2 aromatic carbocycles. The molecule has 2 heterocycles. The van der Waals surface area contributed by atoms with Gasteiger partial charge in [-0.15, -0.1) is 13.2 Å². The number of Topliss-reactive ketones (excluding diaryl/α,β-unsaturated/α-hetero) is 1. The number of nitrogens with zero attached hydrogens (tertiary/aromatic N) is 2. The van der Waals surface area contributed by atoms with Crippen LogP contribution in [0.1, 0.15) is 55.6 Å². The molecule has 0 radical (unpaired) electrons. The first kappa shape index (κ1) is 25.5. The lowest BCUT2D eigenvalue weighted by atomic mass is 9.93. The highest BCUT2D eigenvalue weighted by atomic mass is 19.4. The van der Waals surface area contributed by atoms with Crippen LogP contribution in [0.5, 0.6) is 5.75 Å². The number of rotatable bonds is 8. The predicted molar refractivity (Wildman–Crippen MR) is 136 cm³/mol. The summed E-state index contributed by atoms with van der Waals surface area (Å²) in [7, 11) is 0. The highest BCUT2D eigenvalue weighted by Gasteiger charge is 2.31. The number of pyridine rings is 1. The zero-order chi connectivity index (χ0) is 26.0. The van der Waals surface area contributed by atoms with Gasteiger partial charge in [0.2, 0.25) is 0 Å². The Kier molecular flexibility index (Phi) is 7.20. The van der Waals surface area contributed by atoms with E-state index in [9.17, 15) is 18.0 Å². The smallest absolute Gasteiger partial charge is 0.406 e. The number of ketones is 1. The Morgan fingerprint density at radius 1 is 1.03 bits per heavy atom. The van der Waals surface area contributed by atoms with Crippen LogP contribution in [-0.4, -0.2) is 21.7 Å². The van der Waals surface area contributed by atoms with Crippen LogP contribution in [0.4, 0.5) is 13.2 Å². The quantitative estimate of drug-likeness (QED) is 0.234. The summed E-state index contributed by atoms with van der Waals surface area (Å²) in [5, 5.41) is 0.772. The molecule has 0 N–H and O–H groups in total. The van der Waals surface area contributed by atoms with Crippen molar-refractivity contribution in [2.75, 3.05) is 0 Å². The van der Waals surface area contributed by atoms with Gasteiger partial charge in [-0.2, -0.15) is 0 Å². The fourth-order valence-electron chi connectivity index (χ4n) is 4.56. The van der Waals surface area contributed by atoms with Crippen LogP contribution in [0.3, 0.4) is 0 Å². The van der Waals surface area contributed by atoms with Crippen molar-refractivity contribution in [1.29, 1.82) is 0 Å². The summed E-state index contributed by atoms with van der Waals surface area (Å²) < 4.78 is 43.5. The topological polar surface area (TPSA) is 44.1 Å². The Hall–Kier alpha value is -3.61. The highest BCUT2D eigenvalue weighted by molar-refractivity contribution is 6.09. The van der Waals surface area contributed by atoms with Crippen LogP contribution < -0.4 is 4.74 Å². The number of aryl methyl sites for hydroxylation is 2. The molecule has 0 atom stereocenters. The molecule has 0 aliphatic heterocycles. The van der Waals surface area contributed by atoms with Gasteiger partial charge in [0.1, 0.15) is 5.75 Å². The maximum atomic E-state index is 13.2. The molecule has 0 aliphatic rings. The van der Waals surface area contributed by atoms with Gasteiger partial charge < -0.3 is 9.30 Å².